The first-order valence-electron chi connectivity index (χ1n) is 6.82. The van der Waals surface area contributed by atoms with Gasteiger partial charge >= 0.3 is 0 Å². The molecule has 21 heavy (non-hydrogen) atoms. The van der Waals surface area contributed by atoms with E-state index in [0.717, 1.165) is 17.7 Å². The number of rotatable bonds is 6. The maximum Gasteiger partial charge on any atom is 0.258 e. The second-order valence-electron chi connectivity index (χ2n) is 4.76. The Hall–Kier alpha value is -2.08. The van der Waals surface area contributed by atoms with Crippen LogP contribution < -0.4 is 15.8 Å². The fraction of sp³-hybridized carbons (Fsp3) is 0.333. The number of aromatic nitrogens is 1. The van der Waals surface area contributed by atoms with E-state index in [1.165, 1.54) is 11.3 Å². The lowest BCUT2D eigenvalue weighted by molar-refractivity contribution is -0.123. The number of hydrogen-bond acceptors (Lipinski definition) is 5. The highest BCUT2D eigenvalue weighted by atomic mass is 32.1. The Kier molecular flexibility index (Phi) is 5.16. The van der Waals surface area contributed by atoms with Crippen LogP contribution in [0.5, 0.6) is 5.75 Å². The SMILES string of the molecule is CCC(C)NC(=O)COc1cccc(-c2csc(N)n2)c1. The number of ether oxygens (including phenoxy) is 1. The van der Waals surface area contributed by atoms with Gasteiger partial charge in [0.05, 0.1) is 5.69 Å². The number of thiazole rings is 1. The van der Waals surface area contributed by atoms with Crippen LogP contribution in [0.25, 0.3) is 11.3 Å². The highest BCUT2D eigenvalue weighted by Crippen LogP contribution is 2.26. The van der Waals surface area contributed by atoms with Crippen molar-refractivity contribution in [1.82, 2.24) is 10.3 Å². The summed E-state index contributed by atoms with van der Waals surface area (Å²) >= 11 is 1.39. The summed E-state index contributed by atoms with van der Waals surface area (Å²) in [6.07, 6.45) is 0.895. The number of amides is 1. The Balaban J connectivity index is 1.97. The maximum absolute atomic E-state index is 11.7. The topological polar surface area (TPSA) is 77.2 Å². The molecule has 1 atom stereocenters. The summed E-state index contributed by atoms with van der Waals surface area (Å²) in [6, 6.07) is 7.62. The summed E-state index contributed by atoms with van der Waals surface area (Å²) in [4.78, 5) is 15.9. The van der Waals surface area contributed by atoms with Crippen LogP contribution in [0, 0.1) is 0 Å². The number of hydrogen-bond donors (Lipinski definition) is 2. The van der Waals surface area contributed by atoms with Gasteiger partial charge in [0.25, 0.3) is 5.91 Å². The van der Waals surface area contributed by atoms with E-state index in [1.54, 1.807) is 0 Å². The third-order valence-electron chi connectivity index (χ3n) is 3.04. The van der Waals surface area contributed by atoms with Gasteiger partial charge in [0.1, 0.15) is 5.75 Å². The molecular weight excluding hydrogens is 286 g/mol. The van der Waals surface area contributed by atoms with Crippen LogP contribution in [0.15, 0.2) is 29.6 Å². The molecule has 6 heteroatoms. The quantitative estimate of drug-likeness (QED) is 0.860. The van der Waals surface area contributed by atoms with Crippen LogP contribution in [0.1, 0.15) is 20.3 Å². The average Bonchev–Trinajstić information content (AvgIpc) is 2.92. The molecule has 0 spiro atoms. The van der Waals surface area contributed by atoms with Crippen molar-refractivity contribution in [2.45, 2.75) is 26.3 Å². The van der Waals surface area contributed by atoms with Gasteiger partial charge in [-0.25, -0.2) is 4.98 Å². The van der Waals surface area contributed by atoms with Crippen LogP contribution in [-0.4, -0.2) is 23.5 Å². The largest absolute Gasteiger partial charge is 0.484 e. The summed E-state index contributed by atoms with van der Waals surface area (Å²) in [6.45, 7) is 3.99. The molecular formula is C15H19N3O2S. The first-order valence-corrected chi connectivity index (χ1v) is 7.70. The van der Waals surface area contributed by atoms with Gasteiger partial charge in [0, 0.05) is 17.0 Å². The summed E-state index contributed by atoms with van der Waals surface area (Å²) in [5.74, 6) is 0.519. The normalized spacial score (nSPS) is 11.9. The van der Waals surface area contributed by atoms with E-state index in [4.69, 9.17) is 10.5 Å². The third kappa shape index (κ3) is 4.46. The number of nitrogens with two attached hydrogens (primary N) is 1. The van der Waals surface area contributed by atoms with Crippen molar-refractivity contribution in [2.24, 2.45) is 0 Å². The number of nitrogen functional groups attached to an aromatic ring is 1. The van der Waals surface area contributed by atoms with Crippen molar-refractivity contribution in [1.29, 1.82) is 0 Å². The Morgan fingerprint density at radius 1 is 1.52 bits per heavy atom. The molecule has 1 amide bonds. The minimum atomic E-state index is -0.118. The van der Waals surface area contributed by atoms with Crippen LogP contribution in [0.3, 0.4) is 0 Å². The molecule has 0 aliphatic rings. The van der Waals surface area contributed by atoms with Gasteiger partial charge in [-0.2, -0.15) is 0 Å². The molecule has 112 valence electrons. The lowest BCUT2D eigenvalue weighted by Crippen LogP contribution is -2.35. The highest BCUT2D eigenvalue weighted by molar-refractivity contribution is 7.13. The zero-order valence-corrected chi connectivity index (χ0v) is 12.9. The van der Waals surface area contributed by atoms with Crippen LogP contribution in [0.2, 0.25) is 0 Å². The smallest absolute Gasteiger partial charge is 0.258 e. The Morgan fingerprint density at radius 2 is 2.33 bits per heavy atom. The van der Waals surface area contributed by atoms with E-state index < -0.39 is 0 Å². The maximum atomic E-state index is 11.7. The zero-order chi connectivity index (χ0) is 15.2. The molecule has 5 nitrogen and oxygen atoms in total. The van der Waals surface area contributed by atoms with Gasteiger partial charge in [0.2, 0.25) is 0 Å². The molecule has 0 fully saturated rings. The fourth-order valence-corrected chi connectivity index (χ4v) is 2.31. The average molecular weight is 305 g/mol. The van der Waals surface area contributed by atoms with E-state index in [0.29, 0.717) is 10.9 Å². The molecule has 0 saturated carbocycles. The minimum Gasteiger partial charge on any atom is -0.484 e. The van der Waals surface area contributed by atoms with E-state index in [9.17, 15) is 4.79 Å². The number of carbonyl (C=O) groups excluding carboxylic acids is 1. The Morgan fingerprint density at radius 3 is 3.00 bits per heavy atom. The lowest BCUT2D eigenvalue weighted by Gasteiger charge is -2.12. The van der Waals surface area contributed by atoms with Crippen LogP contribution in [-0.2, 0) is 4.79 Å². The predicted octanol–water partition coefficient (Wildman–Crippen LogP) is 2.69. The van der Waals surface area contributed by atoms with Gasteiger partial charge in [-0.1, -0.05) is 19.1 Å². The van der Waals surface area contributed by atoms with Crippen molar-refractivity contribution in [2.75, 3.05) is 12.3 Å². The minimum absolute atomic E-state index is 0.00694. The van der Waals surface area contributed by atoms with Gasteiger partial charge in [0.15, 0.2) is 11.7 Å². The molecule has 0 saturated heterocycles. The highest BCUT2D eigenvalue weighted by Gasteiger charge is 2.08. The van der Waals surface area contributed by atoms with Crippen molar-refractivity contribution in [3.8, 4) is 17.0 Å². The number of nitrogens with one attached hydrogen (secondary N) is 1. The van der Waals surface area contributed by atoms with Crippen LogP contribution in [0.4, 0.5) is 5.13 Å². The molecule has 0 bridgehead atoms. The summed E-state index contributed by atoms with van der Waals surface area (Å²) in [7, 11) is 0. The Labute approximate surface area is 128 Å². The van der Waals surface area contributed by atoms with Crippen molar-refractivity contribution >= 4 is 22.4 Å². The predicted molar refractivity (Wildman–Crippen MR) is 85.4 cm³/mol. The molecule has 0 aliphatic heterocycles. The van der Waals surface area contributed by atoms with Gasteiger partial charge in [-0.05, 0) is 25.5 Å². The molecule has 2 aromatic rings. The summed E-state index contributed by atoms with van der Waals surface area (Å²) in [5.41, 5.74) is 7.37. The van der Waals surface area contributed by atoms with E-state index >= 15 is 0 Å². The molecule has 0 aliphatic carbocycles. The van der Waals surface area contributed by atoms with Crippen molar-refractivity contribution < 1.29 is 9.53 Å². The standard InChI is InChI=1S/C15H19N3O2S/c1-3-10(2)17-14(19)8-20-12-6-4-5-11(7-12)13-9-21-15(16)18-13/h4-7,9-10H,3,8H2,1-2H3,(H2,16,18)(H,17,19). The molecule has 1 heterocycles. The van der Waals surface area contributed by atoms with Gasteiger partial charge < -0.3 is 15.8 Å². The summed E-state index contributed by atoms with van der Waals surface area (Å²) < 4.78 is 5.51. The molecule has 3 N–H and O–H groups in total. The van der Waals surface area contributed by atoms with E-state index in [1.807, 2.05) is 43.5 Å². The number of anilines is 1. The zero-order valence-electron chi connectivity index (χ0n) is 12.1. The molecule has 0 radical (unpaired) electrons. The number of benzene rings is 1. The number of nitrogens with zero attached hydrogens (tertiary/aromatic N) is 1. The first-order chi connectivity index (χ1) is 10.1. The van der Waals surface area contributed by atoms with Crippen molar-refractivity contribution in [3.63, 3.8) is 0 Å². The monoisotopic (exact) mass is 305 g/mol. The van der Waals surface area contributed by atoms with Gasteiger partial charge in [-0.3, -0.25) is 4.79 Å². The molecule has 1 unspecified atom stereocenters. The molecule has 2 rings (SSSR count). The summed E-state index contributed by atoms with van der Waals surface area (Å²) in [5, 5.41) is 5.28. The van der Waals surface area contributed by atoms with Gasteiger partial charge in [-0.15, -0.1) is 11.3 Å². The lowest BCUT2D eigenvalue weighted by atomic mass is 10.2. The fourth-order valence-electron chi connectivity index (χ4n) is 1.73. The van der Waals surface area contributed by atoms with Crippen molar-refractivity contribution in [3.05, 3.63) is 29.6 Å². The van der Waals surface area contributed by atoms with Crippen LogP contribution >= 0.6 is 11.3 Å². The first kappa shape index (κ1) is 15.3. The second kappa shape index (κ2) is 7.08. The Bertz CT molecular complexity index is 612. The third-order valence-corrected chi connectivity index (χ3v) is 3.72. The van der Waals surface area contributed by atoms with E-state index in [2.05, 4.69) is 10.3 Å². The second-order valence-corrected chi connectivity index (χ2v) is 5.65. The molecule has 1 aromatic heterocycles. The van der Waals surface area contributed by atoms with E-state index in [-0.39, 0.29) is 18.6 Å². The molecule has 1 aromatic carbocycles. The number of carbonyl (C=O) groups is 1.